The molecule has 26 heavy (non-hydrogen) atoms. The summed E-state index contributed by atoms with van der Waals surface area (Å²) in [4.78, 5) is 2.12. The first kappa shape index (κ1) is 18.3. The van der Waals surface area contributed by atoms with Crippen molar-refractivity contribution in [2.45, 2.75) is 19.4 Å². The van der Waals surface area contributed by atoms with Crippen molar-refractivity contribution in [1.29, 1.82) is 0 Å². The number of para-hydroxylation sites is 2. The Bertz CT molecular complexity index is 753. The number of nitrogens with zero attached hydrogens (tertiary/aromatic N) is 1. The highest BCUT2D eigenvalue weighted by Crippen LogP contribution is 2.31. The maximum absolute atomic E-state index is 6.07. The fraction of sp³-hybridized carbons (Fsp3) is 0.350. The number of fused-ring (bicyclic) bond motifs is 1. The molecule has 1 aliphatic heterocycles. The standard InChI is InChI=1S/C20H24N2O3S/c1-3-11-22(20(26)21-15-7-6-8-16(12-15)23-2)13-17-14-24-18-9-4-5-10-19(18)25-17/h4-10,12,17H,3,11,13-14H2,1-2H3,(H,21,26)/t17-/m1/s1. The minimum absolute atomic E-state index is 0.0680. The van der Waals surface area contributed by atoms with Crippen LogP contribution < -0.4 is 19.5 Å². The molecule has 0 radical (unpaired) electrons. The van der Waals surface area contributed by atoms with Crippen molar-refractivity contribution >= 4 is 23.0 Å². The van der Waals surface area contributed by atoms with Gasteiger partial charge in [0.15, 0.2) is 22.7 Å². The van der Waals surface area contributed by atoms with E-state index in [0.717, 1.165) is 35.9 Å². The number of anilines is 1. The Hall–Kier alpha value is -2.47. The van der Waals surface area contributed by atoms with Crippen molar-refractivity contribution in [2.24, 2.45) is 0 Å². The molecule has 1 atom stereocenters. The normalized spacial score (nSPS) is 15.2. The highest BCUT2D eigenvalue weighted by molar-refractivity contribution is 7.80. The molecule has 0 aliphatic carbocycles. The number of hydrogen-bond acceptors (Lipinski definition) is 4. The lowest BCUT2D eigenvalue weighted by molar-refractivity contribution is 0.0746. The summed E-state index contributed by atoms with van der Waals surface area (Å²) in [6.45, 7) is 4.16. The van der Waals surface area contributed by atoms with Crippen LogP contribution in [-0.4, -0.2) is 42.9 Å². The summed E-state index contributed by atoms with van der Waals surface area (Å²) in [5.41, 5.74) is 0.904. The summed E-state index contributed by atoms with van der Waals surface area (Å²) in [5, 5.41) is 3.96. The van der Waals surface area contributed by atoms with Gasteiger partial charge in [-0.3, -0.25) is 0 Å². The van der Waals surface area contributed by atoms with Gasteiger partial charge >= 0.3 is 0 Å². The first-order valence-electron chi connectivity index (χ1n) is 8.78. The molecule has 138 valence electrons. The predicted molar refractivity (Wildman–Crippen MR) is 107 cm³/mol. The lowest BCUT2D eigenvalue weighted by Gasteiger charge is -2.32. The molecule has 0 unspecified atom stereocenters. The maximum Gasteiger partial charge on any atom is 0.173 e. The molecule has 0 aromatic heterocycles. The van der Waals surface area contributed by atoms with Crippen LogP contribution in [0.3, 0.4) is 0 Å². The van der Waals surface area contributed by atoms with Crippen molar-refractivity contribution in [2.75, 3.05) is 32.1 Å². The summed E-state index contributed by atoms with van der Waals surface area (Å²) in [7, 11) is 1.65. The van der Waals surface area contributed by atoms with E-state index < -0.39 is 0 Å². The van der Waals surface area contributed by atoms with E-state index in [2.05, 4.69) is 17.1 Å². The summed E-state index contributed by atoms with van der Waals surface area (Å²) < 4.78 is 17.1. The number of thiocarbonyl (C=S) groups is 1. The van der Waals surface area contributed by atoms with Crippen LogP contribution in [0.25, 0.3) is 0 Å². The van der Waals surface area contributed by atoms with Gasteiger partial charge in [0.05, 0.1) is 13.7 Å². The number of ether oxygens (including phenoxy) is 3. The lowest BCUT2D eigenvalue weighted by atomic mass is 10.2. The van der Waals surface area contributed by atoms with E-state index in [0.29, 0.717) is 18.3 Å². The molecule has 3 rings (SSSR count). The maximum atomic E-state index is 6.07. The third-order valence-corrected chi connectivity index (χ3v) is 4.45. The Kier molecular flexibility index (Phi) is 6.17. The second-order valence-corrected chi connectivity index (χ2v) is 6.49. The minimum atomic E-state index is -0.0680. The SMILES string of the molecule is CCCN(C[C@@H]1COc2ccccc2O1)C(=S)Nc1cccc(OC)c1. The molecule has 0 saturated heterocycles. The molecule has 1 heterocycles. The van der Waals surface area contributed by atoms with Gasteiger partial charge < -0.3 is 24.4 Å². The second-order valence-electron chi connectivity index (χ2n) is 6.11. The number of rotatable bonds is 6. The van der Waals surface area contributed by atoms with Crippen LogP contribution >= 0.6 is 12.2 Å². The minimum Gasteiger partial charge on any atom is -0.497 e. The van der Waals surface area contributed by atoms with Crippen LogP contribution in [0.4, 0.5) is 5.69 Å². The lowest BCUT2D eigenvalue weighted by Crippen LogP contribution is -2.45. The number of nitrogens with one attached hydrogen (secondary N) is 1. The van der Waals surface area contributed by atoms with Crippen molar-refractivity contribution in [3.8, 4) is 17.2 Å². The van der Waals surface area contributed by atoms with Crippen molar-refractivity contribution in [1.82, 2.24) is 4.90 Å². The first-order valence-corrected chi connectivity index (χ1v) is 9.19. The van der Waals surface area contributed by atoms with E-state index in [1.807, 2.05) is 48.5 Å². The number of benzene rings is 2. The average Bonchev–Trinajstić information content (AvgIpc) is 2.67. The Morgan fingerprint density at radius 3 is 2.81 bits per heavy atom. The molecule has 1 aliphatic rings. The molecule has 0 spiro atoms. The van der Waals surface area contributed by atoms with Gasteiger partial charge in [0, 0.05) is 18.3 Å². The van der Waals surface area contributed by atoms with Gasteiger partial charge in [-0.15, -0.1) is 0 Å². The van der Waals surface area contributed by atoms with Crippen molar-refractivity contribution in [3.63, 3.8) is 0 Å². The van der Waals surface area contributed by atoms with Crippen LogP contribution in [0.15, 0.2) is 48.5 Å². The molecular formula is C20H24N2O3S. The molecule has 2 aromatic rings. The van der Waals surface area contributed by atoms with Gasteiger partial charge in [0.25, 0.3) is 0 Å². The van der Waals surface area contributed by atoms with Crippen LogP contribution in [0.2, 0.25) is 0 Å². The van der Waals surface area contributed by atoms with Crippen LogP contribution in [0.1, 0.15) is 13.3 Å². The van der Waals surface area contributed by atoms with E-state index >= 15 is 0 Å². The van der Waals surface area contributed by atoms with Gasteiger partial charge in [0.2, 0.25) is 0 Å². The Labute approximate surface area is 159 Å². The third-order valence-electron chi connectivity index (χ3n) is 4.09. The van der Waals surface area contributed by atoms with Crippen molar-refractivity contribution < 1.29 is 14.2 Å². The molecule has 2 aromatic carbocycles. The Morgan fingerprint density at radius 2 is 2.04 bits per heavy atom. The molecule has 1 N–H and O–H groups in total. The fourth-order valence-corrected chi connectivity index (χ4v) is 3.13. The largest absolute Gasteiger partial charge is 0.497 e. The van der Waals surface area contributed by atoms with Gasteiger partial charge in [-0.1, -0.05) is 25.1 Å². The summed E-state index contributed by atoms with van der Waals surface area (Å²) in [5.74, 6) is 2.37. The summed E-state index contributed by atoms with van der Waals surface area (Å²) >= 11 is 5.63. The topological polar surface area (TPSA) is 43.0 Å². The summed E-state index contributed by atoms with van der Waals surface area (Å²) in [6.07, 6.45) is 0.922. The Morgan fingerprint density at radius 1 is 1.23 bits per heavy atom. The van der Waals surface area contributed by atoms with Crippen LogP contribution in [-0.2, 0) is 0 Å². The smallest absolute Gasteiger partial charge is 0.173 e. The number of hydrogen-bond donors (Lipinski definition) is 1. The fourth-order valence-electron chi connectivity index (χ4n) is 2.85. The first-order chi connectivity index (χ1) is 12.7. The predicted octanol–water partition coefficient (Wildman–Crippen LogP) is 3.94. The molecule has 5 nitrogen and oxygen atoms in total. The van der Waals surface area contributed by atoms with E-state index in [-0.39, 0.29) is 6.10 Å². The highest BCUT2D eigenvalue weighted by atomic mass is 32.1. The monoisotopic (exact) mass is 372 g/mol. The van der Waals surface area contributed by atoms with E-state index in [4.69, 9.17) is 26.4 Å². The highest BCUT2D eigenvalue weighted by Gasteiger charge is 2.24. The second kappa shape index (κ2) is 8.76. The van der Waals surface area contributed by atoms with Gasteiger partial charge in [0.1, 0.15) is 12.4 Å². The molecular weight excluding hydrogens is 348 g/mol. The number of methoxy groups -OCH3 is 1. The van der Waals surface area contributed by atoms with E-state index in [9.17, 15) is 0 Å². The van der Waals surface area contributed by atoms with Crippen molar-refractivity contribution in [3.05, 3.63) is 48.5 Å². The van der Waals surface area contributed by atoms with E-state index in [1.54, 1.807) is 7.11 Å². The molecule has 0 fully saturated rings. The molecule has 0 amide bonds. The van der Waals surface area contributed by atoms with Crippen LogP contribution in [0.5, 0.6) is 17.2 Å². The Balaban J connectivity index is 1.64. The van der Waals surface area contributed by atoms with Gasteiger partial charge in [-0.05, 0) is 42.9 Å². The summed E-state index contributed by atoms with van der Waals surface area (Å²) in [6, 6.07) is 15.5. The molecule has 6 heteroatoms. The van der Waals surface area contributed by atoms with E-state index in [1.165, 1.54) is 0 Å². The zero-order valence-corrected chi connectivity index (χ0v) is 15.9. The zero-order chi connectivity index (χ0) is 18.4. The third kappa shape index (κ3) is 4.58. The van der Waals surface area contributed by atoms with Crippen LogP contribution in [0, 0.1) is 0 Å². The molecule has 0 saturated carbocycles. The zero-order valence-electron chi connectivity index (χ0n) is 15.1. The van der Waals surface area contributed by atoms with Gasteiger partial charge in [-0.2, -0.15) is 0 Å². The quantitative estimate of drug-likeness (QED) is 0.775. The van der Waals surface area contributed by atoms with Gasteiger partial charge in [-0.25, -0.2) is 0 Å². The average molecular weight is 372 g/mol. The molecule has 0 bridgehead atoms.